The van der Waals surface area contributed by atoms with Gasteiger partial charge in [0.25, 0.3) is 0 Å². The van der Waals surface area contributed by atoms with Crippen molar-refractivity contribution in [3.05, 3.63) is 35.9 Å². The molecule has 1 aromatic rings. The van der Waals surface area contributed by atoms with E-state index >= 15 is 0 Å². The van der Waals surface area contributed by atoms with E-state index in [2.05, 4.69) is 22.9 Å². The van der Waals surface area contributed by atoms with Gasteiger partial charge in [-0.25, -0.2) is 0 Å². The monoisotopic (exact) mass is 415 g/mol. The molecule has 3 amide bonds. The highest BCUT2D eigenvalue weighted by Crippen LogP contribution is 2.17. The summed E-state index contributed by atoms with van der Waals surface area (Å²) in [5.41, 5.74) is 0.917. The summed E-state index contributed by atoms with van der Waals surface area (Å²) < 4.78 is 0. The number of benzene rings is 1. The highest BCUT2D eigenvalue weighted by molar-refractivity contribution is 5.89. The molecule has 1 fully saturated rings. The molecule has 0 spiro atoms. The van der Waals surface area contributed by atoms with Crippen LogP contribution in [-0.2, 0) is 25.6 Å². The summed E-state index contributed by atoms with van der Waals surface area (Å²) in [5.74, 6) is -0.942. The van der Waals surface area contributed by atoms with E-state index in [4.69, 9.17) is 0 Å². The van der Waals surface area contributed by atoms with Gasteiger partial charge in [-0.3, -0.25) is 14.4 Å². The van der Waals surface area contributed by atoms with Crippen molar-refractivity contribution in [1.82, 2.24) is 16.0 Å². The molecule has 1 aromatic carbocycles. The van der Waals surface area contributed by atoms with Crippen molar-refractivity contribution < 1.29 is 19.2 Å². The molecule has 0 unspecified atom stereocenters. The van der Waals surface area contributed by atoms with Gasteiger partial charge in [0, 0.05) is 25.3 Å². The van der Waals surface area contributed by atoms with Gasteiger partial charge in [0.15, 0.2) is 0 Å². The molecule has 30 heavy (non-hydrogen) atoms. The number of nitrogens with one attached hydrogen (secondary N) is 3. The van der Waals surface area contributed by atoms with Crippen LogP contribution < -0.4 is 16.0 Å². The number of hydrogen-bond acceptors (Lipinski definition) is 4. The Labute approximate surface area is 178 Å². The van der Waals surface area contributed by atoms with Crippen molar-refractivity contribution in [2.45, 2.75) is 70.4 Å². The number of hydrogen-bond donors (Lipinski definition) is 3. The fourth-order valence-corrected chi connectivity index (χ4v) is 3.66. The van der Waals surface area contributed by atoms with E-state index in [1.807, 2.05) is 30.3 Å². The predicted octanol–water partition coefficient (Wildman–Crippen LogP) is 1.89. The van der Waals surface area contributed by atoms with Gasteiger partial charge in [0.1, 0.15) is 12.3 Å². The van der Waals surface area contributed by atoms with Crippen LogP contribution in [0.1, 0.15) is 57.4 Å². The highest BCUT2D eigenvalue weighted by Gasteiger charge is 2.28. The molecule has 3 atom stereocenters. The molecule has 1 aliphatic heterocycles. The van der Waals surface area contributed by atoms with Gasteiger partial charge < -0.3 is 20.7 Å². The molecule has 0 radical (unpaired) electrons. The Morgan fingerprint density at radius 1 is 1.20 bits per heavy atom. The lowest BCUT2D eigenvalue weighted by Crippen LogP contribution is -2.52. The number of carbonyl (C=O) groups excluding carboxylic acids is 4. The minimum Gasteiger partial charge on any atom is -0.356 e. The first-order valence-electron chi connectivity index (χ1n) is 10.9. The maximum absolute atomic E-state index is 12.9. The van der Waals surface area contributed by atoms with Crippen molar-refractivity contribution in [2.24, 2.45) is 5.92 Å². The Balaban J connectivity index is 2.00. The third-order valence-electron chi connectivity index (χ3n) is 5.37. The maximum Gasteiger partial charge on any atom is 0.243 e. The van der Waals surface area contributed by atoms with Crippen LogP contribution in [0.3, 0.4) is 0 Å². The molecule has 1 saturated heterocycles. The van der Waals surface area contributed by atoms with Gasteiger partial charge >= 0.3 is 0 Å². The van der Waals surface area contributed by atoms with Crippen molar-refractivity contribution in [2.75, 3.05) is 6.54 Å². The van der Waals surface area contributed by atoms with Crippen molar-refractivity contribution in [1.29, 1.82) is 0 Å². The number of aldehydes is 1. The second-order valence-corrected chi connectivity index (χ2v) is 7.88. The zero-order chi connectivity index (χ0) is 21.8. The molecule has 0 aromatic heterocycles. The van der Waals surface area contributed by atoms with Gasteiger partial charge in [-0.15, -0.1) is 0 Å². The van der Waals surface area contributed by atoms with E-state index in [0.717, 1.165) is 31.2 Å². The average molecular weight is 416 g/mol. The van der Waals surface area contributed by atoms with Crippen LogP contribution in [0.25, 0.3) is 0 Å². The fourth-order valence-electron chi connectivity index (χ4n) is 3.66. The summed E-state index contributed by atoms with van der Waals surface area (Å²) in [7, 11) is 0. The van der Waals surface area contributed by atoms with Crippen LogP contribution in [-0.4, -0.2) is 42.6 Å². The van der Waals surface area contributed by atoms with Crippen LogP contribution in [0.5, 0.6) is 0 Å². The van der Waals surface area contributed by atoms with E-state index in [1.54, 1.807) is 0 Å². The third kappa shape index (κ3) is 7.97. The van der Waals surface area contributed by atoms with Crippen LogP contribution in [0, 0.1) is 5.92 Å². The van der Waals surface area contributed by atoms with Crippen molar-refractivity contribution in [3.63, 3.8) is 0 Å². The summed E-state index contributed by atoms with van der Waals surface area (Å²) >= 11 is 0. The maximum atomic E-state index is 12.9. The van der Waals surface area contributed by atoms with Crippen molar-refractivity contribution in [3.8, 4) is 0 Å². The summed E-state index contributed by atoms with van der Waals surface area (Å²) in [6.07, 6.45) is 5.94. The van der Waals surface area contributed by atoms with Gasteiger partial charge in [-0.1, -0.05) is 50.1 Å². The Bertz CT molecular complexity index is 708. The van der Waals surface area contributed by atoms with Crippen LogP contribution >= 0.6 is 0 Å². The fraction of sp³-hybridized carbons (Fsp3) is 0.565. The lowest BCUT2D eigenvalue weighted by atomic mass is 9.92. The lowest BCUT2D eigenvalue weighted by molar-refractivity contribution is -0.131. The third-order valence-corrected chi connectivity index (χ3v) is 5.37. The number of piperidine rings is 1. The standard InChI is InChI=1S/C23H33N3O4/c1-2-3-5-12-21(28)26-20(14-17-9-6-4-7-10-17)23(30)25-19(16-27)15-18-11-8-13-24-22(18)29/h4,6-7,9-10,16,18-20H,2-3,5,8,11-15H2,1H3,(H,24,29)(H,25,30)(H,26,28)/t18-,19-,20-/m0/s1. The zero-order valence-corrected chi connectivity index (χ0v) is 17.7. The first kappa shape index (κ1) is 23.6. The molecule has 2 rings (SSSR count). The van der Waals surface area contributed by atoms with Gasteiger partial charge in [-0.2, -0.15) is 0 Å². The van der Waals surface area contributed by atoms with E-state index in [9.17, 15) is 19.2 Å². The lowest BCUT2D eigenvalue weighted by Gasteiger charge is -2.26. The predicted molar refractivity (Wildman–Crippen MR) is 115 cm³/mol. The Morgan fingerprint density at radius 3 is 2.63 bits per heavy atom. The summed E-state index contributed by atoms with van der Waals surface area (Å²) in [6, 6.07) is 7.90. The van der Waals surface area contributed by atoms with Gasteiger partial charge in [-0.05, 0) is 31.2 Å². The van der Waals surface area contributed by atoms with Gasteiger partial charge in [0.05, 0.1) is 6.04 Å². The molecular weight excluding hydrogens is 382 g/mol. The molecule has 3 N–H and O–H groups in total. The van der Waals surface area contributed by atoms with E-state index in [-0.39, 0.29) is 24.2 Å². The Kier molecular flexibility index (Phi) is 10.0. The van der Waals surface area contributed by atoms with E-state index in [1.165, 1.54) is 0 Å². The molecule has 0 aliphatic carbocycles. The molecule has 7 heteroatoms. The molecule has 164 valence electrons. The van der Waals surface area contributed by atoms with Crippen LogP contribution in [0.4, 0.5) is 0 Å². The smallest absolute Gasteiger partial charge is 0.243 e. The molecule has 1 heterocycles. The molecule has 1 aliphatic rings. The minimum absolute atomic E-state index is 0.0765. The van der Waals surface area contributed by atoms with Crippen molar-refractivity contribution >= 4 is 24.0 Å². The Hall–Kier alpha value is -2.70. The van der Waals surface area contributed by atoms with Crippen LogP contribution in [0.15, 0.2) is 30.3 Å². The van der Waals surface area contributed by atoms with E-state index < -0.39 is 18.0 Å². The topological polar surface area (TPSA) is 104 Å². The number of carbonyl (C=O) groups is 4. The summed E-state index contributed by atoms with van der Waals surface area (Å²) in [4.78, 5) is 48.8. The second-order valence-electron chi connectivity index (χ2n) is 7.88. The van der Waals surface area contributed by atoms with Crippen LogP contribution in [0.2, 0.25) is 0 Å². The number of amides is 3. The number of unbranched alkanes of at least 4 members (excludes halogenated alkanes) is 2. The average Bonchev–Trinajstić information content (AvgIpc) is 2.75. The molecule has 7 nitrogen and oxygen atoms in total. The first-order valence-corrected chi connectivity index (χ1v) is 10.9. The largest absolute Gasteiger partial charge is 0.356 e. The minimum atomic E-state index is -0.774. The second kappa shape index (κ2) is 12.8. The summed E-state index contributed by atoms with van der Waals surface area (Å²) in [5, 5.41) is 8.34. The normalized spacial score (nSPS) is 18.0. The highest BCUT2D eigenvalue weighted by atomic mass is 16.2. The van der Waals surface area contributed by atoms with Gasteiger partial charge in [0.2, 0.25) is 17.7 Å². The first-order chi connectivity index (χ1) is 14.5. The zero-order valence-electron chi connectivity index (χ0n) is 17.7. The van der Waals surface area contributed by atoms with E-state index in [0.29, 0.717) is 32.1 Å². The Morgan fingerprint density at radius 2 is 1.97 bits per heavy atom. The quantitative estimate of drug-likeness (QED) is 0.358. The summed E-state index contributed by atoms with van der Waals surface area (Å²) in [6.45, 7) is 2.71. The number of rotatable bonds is 12. The molecule has 0 bridgehead atoms. The SMILES string of the molecule is CCCCCC(=O)N[C@@H](Cc1ccccc1)C(=O)N[C@H](C=O)C[C@@H]1CCCNC1=O. The molecular formula is C23H33N3O4. The molecule has 0 saturated carbocycles.